The molecule has 0 saturated heterocycles. The zero-order valence-electron chi connectivity index (χ0n) is 22.6. The van der Waals surface area contributed by atoms with E-state index in [0.717, 1.165) is 74.4 Å². The van der Waals surface area contributed by atoms with Crippen molar-refractivity contribution in [3.8, 4) is 0 Å². The summed E-state index contributed by atoms with van der Waals surface area (Å²) in [5.74, 6) is -0.179. The molecule has 0 radical (unpaired) electrons. The summed E-state index contributed by atoms with van der Waals surface area (Å²) in [5.41, 5.74) is 13.9. The topological polar surface area (TPSA) is 94.7 Å². The van der Waals surface area contributed by atoms with Gasteiger partial charge >= 0.3 is 5.97 Å². The number of aliphatic carboxylic acids is 1. The van der Waals surface area contributed by atoms with Gasteiger partial charge in [-0.1, -0.05) is 20.8 Å². The number of carboxylic acid groups (broad SMARTS) is 1. The van der Waals surface area contributed by atoms with Crippen LogP contribution in [0.3, 0.4) is 0 Å². The van der Waals surface area contributed by atoms with Gasteiger partial charge in [-0.3, -0.25) is 9.78 Å². The number of hydrogen-bond acceptors (Lipinski definition) is 3. The first-order valence-electron chi connectivity index (χ1n) is 13.3. The number of aromatic nitrogens is 4. The molecule has 37 heavy (non-hydrogen) atoms. The van der Waals surface area contributed by atoms with Crippen molar-refractivity contribution < 1.29 is 9.90 Å². The lowest BCUT2D eigenvalue weighted by Gasteiger charge is -2.13. The minimum absolute atomic E-state index is 0.0911. The lowest BCUT2D eigenvalue weighted by Crippen LogP contribution is -2.00. The molecule has 3 aromatic rings. The number of carboxylic acids is 1. The first-order valence-corrected chi connectivity index (χ1v) is 13.3. The zero-order valence-corrected chi connectivity index (χ0v) is 22.6. The Labute approximate surface area is 217 Å². The first-order chi connectivity index (χ1) is 17.7. The molecule has 2 aliphatic rings. The van der Waals surface area contributed by atoms with Crippen LogP contribution in [0.5, 0.6) is 0 Å². The van der Waals surface area contributed by atoms with Gasteiger partial charge in [-0.25, -0.2) is 4.98 Å². The van der Waals surface area contributed by atoms with E-state index in [4.69, 9.17) is 9.97 Å². The number of H-pyrrole nitrogens is 2. The van der Waals surface area contributed by atoms with Crippen molar-refractivity contribution in [2.45, 2.75) is 79.1 Å². The third-order valence-corrected chi connectivity index (χ3v) is 8.16. The van der Waals surface area contributed by atoms with Crippen LogP contribution in [0.1, 0.15) is 98.3 Å². The second-order valence-electron chi connectivity index (χ2n) is 10.5. The fraction of sp³-hybridized carbons (Fsp3) is 0.387. The second-order valence-corrected chi connectivity index (χ2v) is 10.5. The zero-order chi connectivity index (χ0) is 26.4. The van der Waals surface area contributed by atoms with Crippen LogP contribution >= 0.6 is 0 Å². The van der Waals surface area contributed by atoms with Gasteiger partial charge in [-0.05, 0) is 98.2 Å². The molecule has 0 saturated carbocycles. The highest BCUT2D eigenvalue weighted by molar-refractivity contribution is 5.92. The number of nitrogens with zero attached hydrogens (tertiary/aromatic N) is 2. The summed E-state index contributed by atoms with van der Waals surface area (Å²) in [4.78, 5) is 28.8. The third-order valence-electron chi connectivity index (χ3n) is 8.16. The van der Waals surface area contributed by atoms with Gasteiger partial charge in [0, 0.05) is 51.7 Å². The summed E-state index contributed by atoms with van der Waals surface area (Å²) >= 11 is 0. The van der Waals surface area contributed by atoms with Crippen molar-refractivity contribution >= 4 is 39.2 Å². The van der Waals surface area contributed by atoms with Gasteiger partial charge < -0.3 is 15.1 Å². The Morgan fingerprint density at radius 2 is 1.70 bits per heavy atom. The number of allylic oxidation sites excluding steroid dienone is 2. The van der Waals surface area contributed by atoms with Crippen LogP contribution < -0.4 is 0 Å². The number of aryl methyl sites for hydroxylation is 3. The van der Waals surface area contributed by atoms with E-state index >= 15 is 0 Å². The standard InChI is InChI=1S/C31H36N4O2/c1-7-21-18(5)27-15-30-22(8-2)17(4)25(34-30)14-26-19(6)23(9-10-31(36)37)28(33-26)12-20-11-16(3)24(32-20)13-29(21)35-27/h11-15,17,22,32-33H,7-10H2,1-6H3,(H,36,37). The van der Waals surface area contributed by atoms with Crippen LogP contribution in [0.15, 0.2) is 30.3 Å². The molecule has 0 spiro atoms. The van der Waals surface area contributed by atoms with E-state index in [1.807, 2.05) is 0 Å². The molecular formula is C31H36N4O2. The van der Waals surface area contributed by atoms with Gasteiger partial charge in [-0.2, -0.15) is 0 Å². The van der Waals surface area contributed by atoms with Crippen molar-refractivity contribution in [1.29, 1.82) is 0 Å². The molecule has 0 amide bonds. The molecule has 6 heteroatoms. The molecule has 0 fully saturated rings. The molecular weight excluding hydrogens is 460 g/mol. The monoisotopic (exact) mass is 496 g/mol. The van der Waals surface area contributed by atoms with Gasteiger partial charge in [-0.15, -0.1) is 0 Å². The van der Waals surface area contributed by atoms with E-state index in [9.17, 15) is 9.90 Å². The number of nitrogens with one attached hydrogen (secondary N) is 2. The molecule has 2 unspecified atom stereocenters. The van der Waals surface area contributed by atoms with E-state index in [1.54, 1.807) is 0 Å². The lowest BCUT2D eigenvalue weighted by molar-refractivity contribution is -0.136. The molecule has 3 N–H and O–H groups in total. The van der Waals surface area contributed by atoms with Crippen molar-refractivity contribution in [2.75, 3.05) is 0 Å². The van der Waals surface area contributed by atoms with Crippen molar-refractivity contribution in [3.63, 3.8) is 0 Å². The van der Waals surface area contributed by atoms with E-state index in [1.165, 1.54) is 11.1 Å². The minimum Gasteiger partial charge on any atom is -0.481 e. The highest BCUT2D eigenvalue weighted by atomic mass is 16.4. The lowest BCUT2D eigenvalue weighted by atomic mass is 9.89. The fourth-order valence-corrected chi connectivity index (χ4v) is 5.91. The van der Waals surface area contributed by atoms with Crippen molar-refractivity contribution in [3.05, 3.63) is 69.8 Å². The Morgan fingerprint density at radius 3 is 2.41 bits per heavy atom. The van der Waals surface area contributed by atoms with Crippen LogP contribution in [0.2, 0.25) is 0 Å². The highest BCUT2D eigenvalue weighted by Crippen LogP contribution is 2.40. The Hall–Kier alpha value is -3.67. The van der Waals surface area contributed by atoms with Gasteiger partial charge in [0.1, 0.15) is 0 Å². The van der Waals surface area contributed by atoms with Crippen LogP contribution in [0, 0.1) is 13.8 Å². The molecule has 2 aliphatic heterocycles. The summed E-state index contributed by atoms with van der Waals surface area (Å²) in [7, 11) is 0. The number of carbonyl (C=O) groups is 1. The van der Waals surface area contributed by atoms with Crippen LogP contribution in [0.4, 0.5) is 0 Å². The first kappa shape index (κ1) is 25.0. The molecule has 192 valence electrons. The van der Waals surface area contributed by atoms with Crippen LogP contribution in [-0.4, -0.2) is 31.0 Å². The molecule has 5 rings (SSSR count). The fourth-order valence-electron chi connectivity index (χ4n) is 5.91. The van der Waals surface area contributed by atoms with E-state index in [2.05, 4.69) is 81.8 Å². The molecule has 8 bridgehead atoms. The Balaban J connectivity index is 1.89. The summed E-state index contributed by atoms with van der Waals surface area (Å²) in [5, 5.41) is 9.37. The maximum atomic E-state index is 11.4. The Kier molecular flexibility index (Phi) is 6.52. The van der Waals surface area contributed by atoms with Gasteiger partial charge in [0.25, 0.3) is 0 Å². The van der Waals surface area contributed by atoms with E-state index in [-0.39, 0.29) is 12.3 Å². The van der Waals surface area contributed by atoms with Crippen molar-refractivity contribution in [1.82, 2.24) is 19.9 Å². The SMILES string of the molecule is CCC1=C(C)c2cc3nc(cc4[nH]c(cc5cc(C)c(cc1n2)[nH]5)c(CCC(=O)O)c4C)C(C)C3CC. The number of rotatable bonds is 5. The largest absolute Gasteiger partial charge is 0.481 e. The minimum atomic E-state index is -0.791. The van der Waals surface area contributed by atoms with Gasteiger partial charge in [0.05, 0.1) is 11.4 Å². The molecule has 0 aromatic carbocycles. The highest BCUT2D eigenvalue weighted by Gasteiger charge is 2.28. The molecule has 3 aromatic heterocycles. The van der Waals surface area contributed by atoms with E-state index < -0.39 is 5.97 Å². The van der Waals surface area contributed by atoms with Gasteiger partial charge in [0.2, 0.25) is 0 Å². The maximum Gasteiger partial charge on any atom is 0.303 e. The van der Waals surface area contributed by atoms with Crippen molar-refractivity contribution in [2.24, 2.45) is 0 Å². The number of fused-ring (bicyclic) bond motifs is 8. The van der Waals surface area contributed by atoms with E-state index in [0.29, 0.717) is 12.3 Å². The summed E-state index contributed by atoms with van der Waals surface area (Å²) in [6, 6.07) is 10.7. The molecule has 5 heterocycles. The number of aromatic amines is 2. The molecule has 6 nitrogen and oxygen atoms in total. The Bertz CT molecular complexity index is 1590. The smallest absolute Gasteiger partial charge is 0.303 e. The number of hydrogen-bond donors (Lipinski definition) is 3. The third kappa shape index (κ3) is 4.50. The van der Waals surface area contributed by atoms with Gasteiger partial charge in [0.15, 0.2) is 0 Å². The average Bonchev–Trinajstić information content (AvgIpc) is 3.52. The predicted molar refractivity (Wildman–Crippen MR) is 151 cm³/mol. The predicted octanol–water partition coefficient (Wildman–Crippen LogP) is 7.59. The maximum absolute atomic E-state index is 11.4. The van der Waals surface area contributed by atoms with Crippen LogP contribution in [-0.2, 0) is 11.2 Å². The average molecular weight is 497 g/mol. The summed E-state index contributed by atoms with van der Waals surface area (Å²) in [6.45, 7) is 13.0. The molecule has 0 aliphatic carbocycles. The quantitative estimate of drug-likeness (QED) is 0.339. The molecule has 2 atom stereocenters. The van der Waals surface area contributed by atoms with Crippen LogP contribution in [0.25, 0.3) is 33.2 Å². The summed E-state index contributed by atoms with van der Waals surface area (Å²) < 4.78 is 0. The second kappa shape index (κ2) is 9.66. The summed E-state index contributed by atoms with van der Waals surface area (Å²) in [6.07, 6.45) is 2.48. The normalized spacial score (nSPS) is 17.5. The Morgan fingerprint density at radius 1 is 0.919 bits per heavy atom.